The summed E-state index contributed by atoms with van der Waals surface area (Å²) >= 11 is 0. The normalized spacial score (nSPS) is 18.6. The van der Waals surface area contributed by atoms with Gasteiger partial charge in [-0.3, -0.25) is 15.0 Å². The van der Waals surface area contributed by atoms with Crippen molar-refractivity contribution in [1.29, 1.82) is 0 Å². The summed E-state index contributed by atoms with van der Waals surface area (Å²) in [7, 11) is 0. The van der Waals surface area contributed by atoms with Crippen LogP contribution in [0.5, 0.6) is 0 Å². The maximum atomic E-state index is 11.2. The second kappa shape index (κ2) is 4.04. The van der Waals surface area contributed by atoms with Crippen LogP contribution in [0.25, 0.3) is 0 Å². The fourth-order valence-corrected chi connectivity index (χ4v) is 2.23. The average molecular weight is 236 g/mol. The Hall–Kier alpha value is -2.11. The number of nitro benzene ring substituents is 1. The van der Waals surface area contributed by atoms with E-state index < -0.39 is 11.0 Å². The monoisotopic (exact) mass is 236 g/mol. The maximum absolute atomic E-state index is 11.2. The van der Waals surface area contributed by atoms with Gasteiger partial charge >= 0.3 is 6.09 Å². The van der Waals surface area contributed by atoms with Gasteiger partial charge in [-0.2, -0.15) is 0 Å². The van der Waals surface area contributed by atoms with Crippen LogP contribution in [0.2, 0.25) is 0 Å². The van der Waals surface area contributed by atoms with E-state index in [-0.39, 0.29) is 11.7 Å². The molecule has 1 aliphatic rings. The van der Waals surface area contributed by atoms with Gasteiger partial charge in [0.15, 0.2) is 0 Å². The highest BCUT2D eigenvalue weighted by molar-refractivity contribution is 5.89. The number of nitrogens with zero attached hydrogens (tertiary/aromatic N) is 2. The minimum atomic E-state index is -1.07. The standard InChI is InChI=1S/C11H12N2O4/c1-7-5-6-8-9(12(7)11(14)15)3-2-4-10(8)13(16)17/h2-4,7H,5-6H2,1H3,(H,14,15). The molecule has 1 aromatic carbocycles. The van der Waals surface area contributed by atoms with Gasteiger partial charge in [0.25, 0.3) is 5.69 Å². The van der Waals surface area contributed by atoms with Crippen LogP contribution in [0.15, 0.2) is 18.2 Å². The first kappa shape index (κ1) is 11.4. The Morgan fingerprint density at radius 3 is 2.88 bits per heavy atom. The summed E-state index contributed by atoms with van der Waals surface area (Å²) in [5, 5.41) is 20.0. The summed E-state index contributed by atoms with van der Waals surface area (Å²) in [6.45, 7) is 1.80. The molecule has 1 unspecified atom stereocenters. The predicted molar refractivity (Wildman–Crippen MR) is 61.4 cm³/mol. The first-order valence-electron chi connectivity index (χ1n) is 5.31. The number of rotatable bonds is 1. The highest BCUT2D eigenvalue weighted by Gasteiger charge is 2.31. The average Bonchev–Trinajstić information content (AvgIpc) is 2.26. The van der Waals surface area contributed by atoms with Crippen LogP contribution >= 0.6 is 0 Å². The zero-order valence-corrected chi connectivity index (χ0v) is 9.29. The molecule has 0 spiro atoms. The molecule has 1 aromatic rings. The molecule has 0 saturated heterocycles. The van der Waals surface area contributed by atoms with Gasteiger partial charge in [0, 0.05) is 12.1 Å². The number of nitro groups is 1. The molecule has 0 fully saturated rings. The van der Waals surface area contributed by atoms with Crippen molar-refractivity contribution in [2.45, 2.75) is 25.8 Å². The number of benzene rings is 1. The zero-order valence-electron chi connectivity index (χ0n) is 9.29. The molecule has 2 rings (SSSR count). The number of amides is 1. The third kappa shape index (κ3) is 1.82. The summed E-state index contributed by atoms with van der Waals surface area (Å²) in [6, 6.07) is 4.40. The zero-order chi connectivity index (χ0) is 12.6. The van der Waals surface area contributed by atoms with E-state index in [9.17, 15) is 14.9 Å². The van der Waals surface area contributed by atoms with Gasteiger partial charge in [-0.25, -0.2) is 4.79 Å². The fraction of sp³-hybridized carbons (Fsp3) is 0.364. The molecule has 0 aromatic heterocycles. The lowest BCUT2D eigenvalue weighted by Crippen LogP contribution is -2.41. The van der Waals surface area contributed by atoms with Crippen LogP contribution in [0.1, 0.15) is 18.9 Å². The van der Waals surface area contributed by atoms with Gasteiger partial charge in [-0.05, 0) is 25.8 Å². The first-order chi connectivity index (χ1) is 8.02. The molecule has 0 saturated carbocycles. The smallest absolute Gasteiger partial charge is 0.412 e. The Bertz CT molecular complexity index is 486. The quantitative estimate of drug-likeness (QED) is 0.599. The summed E-state index contributed by atoms with van der Waals surface area (Å²) in [4.78, 5) is 22.8. The number of fused-ring (bicyclic) bond motifs is 1. The molecule has 0 radical (unpaired) electrons. The molecular weight excluding hydrogens is 224 g/mol. The molecule has 1 atom stereocenters. The van der Waals surface area contributed by atoms with Crippen molar-refractivity contribution in [1.82, 2.24) is 0 Å². The molecule has 90 valence electrons. The van der Waals surface area contributed by atoms with E-state index in [1.165, 1.54) is 17.0 Å². The molecule has 6 nitrogen and oxygen atoms in total. The second-order valence-electron chi connectivity index (χ2n) is 4.07. The maximum Gasteiger partial charge on any atom is 0.412 e. The number of hydrogen-bond acceptors (Lipinski definition) is 3. The second-order valence-corrected chi connectivity index (χ2v) is 4.07. The Kier molecular flexibility index (Phi) is 2.71. The lowest BCUT2D eigenvalue weighted by Gasteiger charge is -2.32. The highest BCUT2D eigenvalue weighted by Crippen LogP contribution is 2.36. The third-order valence-electron chi connectivity index (χ3n) is 3.04. The molecule has 1 amide bonds. The minimum absolute atomic E-state index is 0.000602. The van der Waals surface area contributed by atoms with Gasteiger partial charge in [0.2, 0.25) is 0 Å². The Morgan fingerprint density at radius 2 is 2.29 bits per heavy atom. The van der Waals surface area contributed by atoms with Gasteiger partial charge in [-0.1, -0.05) is 6.07 Å². The van der Waals surface area contributed by atoms with Crippen LogP contribution in [-0.4, -0.2) is 22.2 Å². The SMILES string of the molecule is CC1CCc2c(cccc2[N+](=O)[O-])N1C(=O)O. The molecule has 0 bridgehead atoms. The van der Waals surface area contributed by atoms with E-state index in [0.29, 0.717) is 24.1 Å². The molecular formula is C11H12N2O4. The van der Waals surface area contributed by atoms with Crippen molar-refractivity contribution < 1.29 is 14.8 Å². The minimum Gasteiger partial charge on any atom is -0.465 e. The topological polar surface area (TPSA) is 83.7 Å². The van der Waals surface area contributed by atoms with Gasteiger partial charge in [0.1, 0.15) is 0 Å². The lowest BCUT2D eigenvalue weighted by atomic mass is 9.95. The molecule has 1 aliphatic heterocycles. The predicted octanol–water partition coefficient (Wildman–Crippen LogP) is 2.41. The summed E-state index contributed by atoms with van der Waals surface area (Å²) < 4.78 is 0. The van der Waals surface area contributed by atoms with E-state index >= 15 is 0 Å². The molecule has 1 N–H and O–H groups in total. The van der Waals surface area contributed by atoms with Crippen molar-refractivity contribution >= 4 is 17.5 Å². The van der Waals surface area contributed by atoms with Crippen molar-refractivity contribution in [2.75, 3.05) is 4.90 Å². The molecule has 1 heterocycles. The van der Waals surface area contributed by atoms with E-state index in [1.54, 1.807) is 13.0 Å². The van der Waals surface area contributed by atoms with Crippen LogP contribution in [0, 0.1) is 10.1 Å². The number of hydrogen-bond donors (Lipinski definition) is 1. The summed E-state index contributed by atoms with van der Waals surface area (Å²) in [5.74, 6) is 0. The van der Waals surface area contributed by atoms with Crippen molar-refractivity contribution in [3.8, 4) is 0 Å². The summed E-state index contributed by atoms with van der Waals surface area (Å²) in [5.41, 5.74) is 0.948. The Morgan fingerprint density at radius 1 is 1.59 bits per heavy atom. The fourth-order valence-electron chi connectivity index (χ4n) is 2.23. The van der Waals surface area contributed by atoms with Crippen LogP contribution in [0.4, 0.5) is 16.2 Å². The highest BCUT2D eigenvalue weighted by atomic mass is 16.6. The van der Waals surface area contributed by atoms with Gasteiger partial charge < -0.3 is 5.11 Å². The lowest BCUT2D eigenvalue weighted by molar-refractivity contribution is -0.385. The summed E-state index contributed by atoms with van der Waals surface area (Å²) in [6.07, 6.45) is 0.0700. The first-order valence-corrected chi connectivity index (χ1v) is 5.31. The number of anilines is 1. The van der Waals surface area contributed by atoms with Crippen LogP contribution in [-0.2, 0) is 6.42 Å². The van der Waals surface area contributed by atoms with Crippen LogP contribution < -0.4 is 4.90 Å². The van der Waals surface area contributed by atoms with E-state index in [1.807, 2.05) is 0 Å². The molecule has 6 heteroatoms. The molecule has 17 heavy (non-hydrogen) atoms. The van der Waals surface area contributed by atoms with Gasteiger partial charge in [-0.15, -0.1) is 0 Å². The largest absolute Gasteiger partial charge is 0.465 e. The van der Waals surface area contributed by atoms with Crippen LogP contribution in [0.3, 0.4) is 0 Å². The van der Waals surface area contributed by atoms with E-state index in [0.717, 1.165) is 0 Å². The van der Waals surface area contributed by atoms with Crippen molar-refractivity contribution in [3.63, 3.8) is 0 Å². The van der Waals surface area contributed by atoms with E-state index in [2.05, 4.69) is 0 Å². The van der Waals surface area contributed by atoms with Crippen molar-refractivity contribution in [3.05, 3.63) is 33.9 Å². The van der Waals surface area contributed by atoms with Crippen molar-refractivity contribution in [2.24, 2.45) is 0 Å². The Labute approximate surface area is 97.6 Å². The molecule has 0 aliphatic carbocycles. The van der Waals surface area contributed by atoms with E-state index in [4.69, 9.17) is 5.11 Å². The van der Waals surface area contributed by atoms with Gasteiger partial charge in [0.05, 0.1) is 16.2 Å². The third-order valence-corrected chi connectivity index (χ3v) is 3.04. The Balaban J connectivity index is 2.58. The number of carbonyl (C=O) groups is 1. The number of carboxylic acid groups (broad SMARTS) is 1.